The zero-order chi connectivity index (χ0) is 19.7. The molecule has 1 amide bonds. The van der Waals surface area contributed by atoms with Crippen LogP contribution in [-0.4, -0.2) is 26.0 Å². The van der Waals surface area contributed by atoms with Gasteiger partial charge < -0.3 is 9.47 Å². The van der Waals surface area contributed by atoms with Crippen molar-refractivity contribution in [3.05, 3.63) is 74.1 Å². The van der Waals surface area contributed by atoms with Crippen molar-refractivity contribution >= 4 is 12.0 Å². The van der Waals surface area contributed by atoms with Crippen LogP contribution in [-0.2, 0) is 25.4 Å². The molecule has 1 heterocycles. The number of benzene rings is 1. The lowest BCUT2D eigenvalue weighted by Crippen LogP contribution is -2.37. The van der Waals surface area contributed by atoms with Gasteiger partial charge in [0.15, 0.2) is 0 Å². The van der Waals surface area contributed by atoms with E-state index in [4.69, 9.17) is 0 Å². The Balaban J connectivity index is 1.83. The Kier molecular flexibility index (Phi) is 5.07. The average Bonchev–Trinajstić information content (AvgIpc) is 3.46. The lowest BCUT2D eigenvalue weighted by Gasteiger charge is -2.21. The minimum atomic E-state index is -0.704. The van der Waals surface area contributed by atoms with Gasteiger partial charge >= 0.3 is 5.69 Å². The van der Waals surface area contributed by atoms with Gasteiger partial charge in [0.2, 0.25) is 5.91 Å². The van der Waals surface area contributed by atoms with E-state index in [0.717, 1.165) is 29.5 Å². The van der Waals surface area contributed by atoms with Crippen LogP contribution in [0.3, 0.4) is 0 Å². The topological polar surface area (TPSA) is 64.3 Å². The predicted molar refractivity (Wildman–Crippen MR) is 95.9 cm³/mol. The summed E-state index contributed by atoms with van der Waals surface area (Å²) in [7, 11) is 2.87. The van der Waals surface area contributed by atoms with Gasteiger partial charge in [-0.05, 0) is 25.0 Å². The third-order valence-corrected chi connectivity index (χ3v) is 4.50. The molecule has 6 nitrogen and oxygen atoms in total. The molecule has 0 radical (unpaired) electrons. The fraction of sp³-hybridized carbons (Fsp3) is 0.316. The highest BCUT2D eigenvalue weighted by atomic mass is 19.1. The van der Waals surface area contributed by atoms with Crippen molar-refractivity contribution in [3.63, 3.8) is 0 Å². The fourth-order valence-corrected chi connectivity index (χ4v) is 2.81. The molecule has 0 aliphatic heterocycles. The number of rotatable bonds is 5. The van der Waals surface area contributed by atoms with Crippen molar-refractivity contribution in [1.82, 2.24) is 14.0 Å². The van der Waals surface area contributed by atoms with Gasteiger partial charge in [0, 0.05) is 50.6 Å². The third-order valence-electron chi connectivity index (χ3n) is 4.50. The molecule has 3 rings (SSSR count). The molecule has 2 aromatic rings. The van der Waals surface area contributed by atoms with Gasteiger partial charge in [-0.3, -0.25) is 14.2 Å². The maximum atomic E-state index is 13.9. The number of hydrogen-bond acceptors (Lipinski definition) is 3. The van der Waals surface area contributed by atoms with Gasteiger partial charge in [0.1, 0.15) is 11.6 Å². The highest BCUT2D eigenvalue weighted by molar-refractivity contribution is 5.92. The molecule has 27 heavy (non-hydrogen) atoms. The van der Waals surface area contributed by atoms with Crippen molar-refractivity contribution in [2.45, 2.75) is 25.4 Å². The van der Waals surface area contributed by atoms with Crippen LogP contribution >= 0.6 is 0 Å². The second-order valence-electron chi connectivity index (χ2n) is 6.61. The first-order chi connectivity index (χ1) is 12.8. The molecule has 1 aromatic carbocycles. The maximum Gasteiger partial charge on any atom is 0.330 e. The minimum Gasteiger partial charge on any atom is -0.332 e. The summed E-state index contributed by atoms with van der Waals surface area (Å²) in [6, 6.07) is 3.25. The van der Waals surface area contributed by atoms with Crippen LogP contribution in [0.1, 0.15) is 24.0 Å². The largest absolute Gasteiger partial charge is 0.332 e. The summed E-state index contributed by atoms with van der Waals surface area (Å²) in [4.78, 5) is 37.9. The lowest BCUT2D eigenvalue weighted by atomic mass is 10.2. The molecule has 1 aromatic heterocycles. The van der Waals surface area contributed by atoms with E-state index in [1.807, 2.05) is 0 Å². The summed E-state index contributed by atoms with van der Waals surface area (Å²) in [6.07, 6.45) is 5.56. The highest BCUT2D eigenvalue weighted by Gasteiger charge is 2.32. The highest BCUT2D eigenvalue weighted by Crippen LogP contribution is 2.29. The Morgan fingerprint density at radius 1 is 1.26 bits per heavy atom. The first-order valence-electron chi connectivity index (χ1n) is 8.47. The van der Waals surface area contributed by atoms with Crippen molar-refractivity contribution in [1.29, 1.82) is 0 Å². The number of amides is 1. The second kappa shape index (κ2) is 7.30. The van der Waals surface area contributed by atoms with Gasteiger partial charge in [-0.1, -0.05) is 6.07 Å². The molecule has 0 saturated heterocycles. The van der Waals surface area contributed by atoms with E-state index in [1.165, 1.54) is 48.0 Å². The third kappa shape index (κ3) is 4.05. The Labute approximate surface area is 154 Å². The van der Waals surface area contributed by atoms with E-state index in [1.54, 1.807) is 0 Å². The molecule has 0 unspecified atom stereocenters. The minimum absolute atomic E-state index is 0.00503. The van der Waals surface area contributed by atoms with Gasteiger partial charge in [0.25, 0.3) is 5.56 Å². The van der Waals surface area contributed by atoms with Crippen LogP contribution in [0.25, 0.3) is 6.08 Å². The summed E-state index contributed by atoms with van der Waals surface area (Å²) >= 11 is 0. The monoisotopic (exact) mass is 375 g/mol. The molecule has 8 heteroatoms. The number of halogens is 2. The number of aryl methyl sites for hydroxylation is 1. The molecule has 0 spiro atoms. The van der Waals surface area contributed by atoms with E-state index < -0.39 is 22.9 Å². The quantitative estimate of drug-likeness (QED) is 0.745. The normalized spacial score (nSPS) is 13.9. The van der Waals surface area contributed by atoms with Crippen molar-refractivity contribution in [3.8, 4) is 0 Å². The summed E-state index contributed by atoms with van der Waals surface area (Å²) in [5, 5.41) is 0. The first-order valence-corrected chi connectivity index (χ1v) is 8.47. The van der Waals surface area contributed by atoms with E-state index in [9.17, 15) is 23.2 Å². The molecule has 0 bridgehead atoms. The van der Waals surface area contributed by atoms with Gasteiger partial charge in [-0.15, -0.1) is 0 Å². The number of aromatic nitrogens is 2. The summed E-state index contributed by atoms with van der Waals surface area (Å²) < 4.78 is 29.2. The zero-order valence-corrected chi connectivity index (χ0v) is 15.0. The van der Waals surface area contributed by atoms with Crippen LogP contribution in [0.4, 0.5) is 8.78 Å². The number of carbonyl (C=O) groups is 1. The SMILES string of the molecule is Cn1cc(/C=C/C(=O)N(Cc2ccc(F)cc2F)C2CC2)c(=O)n(C)c1=O. The van der Waals surface area contributed by atoms with Crippen molar-refractivity contribution in [2.75, 3.05) is 0 Å². The van der Waals surface area contributed by atoms with Gasteiger partial charge in [0.05, 0.1) is 5.56 Å². The zero-order valence-electron chi connectivity index (χ0n) is 15.0. The van der Waals surface area contributed by atoms with Crippen LogP contribution in [0.15, 0.2) is 40.1 Å². The summed E-state index contributed by atoms with van der Waals surface area (Å²) in [5.74, 6) is -1.76. The molecule has 0 N–H and O–H groups in total. The number of hydrogen-bond donors (Lipinski definition) is 0. The van der Waals surface area contributed by atoms with Crippen LogP contribution in [0.5, 0.6) is 0 Å². The van der Waals surface area contributed by atoms with E-state index in [0.29, 0.717) is 0 Å². The van der Waals surface area contributed by atoms with E-state index in [-0.39, 0.29) is 29.6 Å². The molecule has 1 aliphatic rings. The number of carbonyl (C=O) groups excluding carboxylic acids is 1. The molecule has 0 atom stereocenters. The Hall–Kier alpha value is -3.03. The second-order valence-corrected chi connectivity index (χ2v) is 6.61. The van der Waals surface area contributed by atoms with E-state index in [2.05, 4.69) is 0 Å². The standard InChI is InChI=1S/C19H19F2N3O3/c1-22-10-13(18(26)23(2)19(22)27)4-8-17(25)24(15-6-7-15)11-12-3-5-14(20)9-16(12)21/h3-5,8-10,15H,6-7,11H2,1-2H3/b8-4+. The predicted octanol–water partition coefficient (Wildman–Crippen LogP) is 1.57. The molecular formula is C19H19F2N3O3. The number of nitrogens with zero attached hydrogens (tertiary/aromatic N) is 3. The van der Waals surface area contributed by atoms with Gasteiger partial charge in [-0.25, -0.2) is 13.6 Å². The average molecular weight is 375 g/mol. The Morgan fingerprint density at radius 3 is 2.59 bits per heavy atom. The van der Waals surface area contributed by atoms with Crippen molar-refractivity contribution < 1.29 is 13.6 Å². The first kappa shape index (κ1) is 18.8. The summed E-state index contributed by atoms with van der Waals surface area (Å²) in [5.41, 5.74) is -0.556. The Morgan fingerprint density at radius 2 is 1.96 bits per heavy atom. The van der Waals surface area contributed by atoms with E-state index >= 15 is 0 Å². The molecule has 1 fully saturated rings. The van der Waals surface area contributed by atoms with Crippen LogP contribution in [0, 0.1) is 11.6 Å². The molecule has 142 valence electrons. The fourth-order valence-electron chi connectivity index (χ4n) is 2.81. The molecule has 1 aliphatic carbocycles. The maximum absolute atomic E-state index is 13.9. The Bertz CT molecular complexity index is 1040. The molecule has 1 saturated carbocycles. The summed E-state index contributed by atoms with van der Waals surface area (Å²) in [6.45, 7) is 0.0191. The van der Waals surface area contributed by atoms with Gasteiger partial charge in [-0.2, -0.15) is 0 Å². The lowest BCUT2D eigenvalue weighted by molar-refractivity contribution is -0.127. The van der Waals surface area contributed by atoms with Crippen LogP contribution < -0.4 is 11.2 Å². The molecular weight excluding hydrogens is 356 g/mol. The van der Waals surface area contributed by atoms with Crippen molar-refractivity contribution in [2.24, 2.45) is 14.1 Å². The van der Waals surface area contributed by atoms with Crippen LogP contribution in [0.2, 0.25) is 0 Å². The smallest absolute Gasteiger partial charge is 0.330 e.